The number of amides is 1. The van der Waals surface area contributed by atoms with E-state index in [4.69, 9.17) is 9.47 Å². The van der Waals surface area contributed by atoms with Gasteiger partial charge in [0.25, 0.3) is 11.7 Å². The maximum Gasteiger partial charge on any atom is 0.300 e. The van der Waals surface area contributed by atoms with E-state index < -0.39 is 17.7 Å². The molecule has 0 radical (unpaired) electrons. The molecule has 1 amide bonds. The van der Waals surface area contributed by atoms with Crippen molar-refractivity contribution in [1.29, 1.82) is 0 Å². The van der Waals surface area contributed by atoms with Gasteiger partial charge in [-0.1, -0.05) is 31.9 Å². The minimum absolute atomic E-state index is 0.0278. The molecule has 0 bridgehead atoms. The number of anilines is 2. The highest BCUT2D eigenvalue weighted by Crippen LogP contribution is 2.43. The van der Waals surface area contributed by atoms with Gasteiger partial charge in [0.15, 0.2) is 0 Å². The normalized spacial score (nSPS) is 16.4. The Morgan fingerprint density at radius 2 is 1.65 bits per heavy atom. The van der Waals surface area contributed by atoms with Gasteiger partial charge in [-0.3, -0.25) is 14.5 Å². The quantitative estimate of drug-likeness (QED) is 0.125. The fourth-order valence-corrected chi connectivity index (χ4v) is 4.76. The smallest absolute Gasteiger partial charge is 0.300 e. The van der Waals surface area contributed by atoms with E-state index in [0.29, 0.717) is 34.9 Å². The van der Waals surface area contributed by atoms with Crippen LogP contribution < -0.4 is 19.3 Å². The van der Waals surface area contributed by atoms with E-state index in [1.807, 2.05) is 81.4 Å². The summed E-state index contributed by atoms with van der Waals surface area (Å²) in [5, 5.41) is 11.5. The minimum Gasteiger partial charge on any atom is -0.507 e. The van der Waals surface area contributed by atoms with Gasteiger partial charge in [0.1, 0.15) is 17.3 Å². The van der Waals surface area contributed by atoms with Crippen molar-refractivity contribution in [1.82, 2.24) is 0 Å². The van der Waals surface area contributed by atoms with Crippen molar-refractivity contribution in [2.45, 2.75) is 52.2 Å². The molecule has 1 aliphatic rings. The van der Waals surface area contributed by atoms with Crippen molar-refractivity contribution in [3.05, 3.63) is 89.5 Å². The number of ketones is 1. The average Bonchev–Trinajstić information content (AvgIpc) is 3.21. The second-order valence-corrected chi connectivity index (χ2v) is 10.4. The molecule has 0 aliphatic carbocycles. The molecule has 1 fully saturated rings. The molecule has 1 N–H and O–H groups in total. The van der Waals surface area contributed by atoms with Crippen LogP contribution in [-0.2, 0) is 9.59 Å². The van der Waals surface area contributed by atoms with E-state index in [1.165, 1.54) is 4.90 Å². The zero-order chi connectivity index (χ0) is 28.8. The van der Waals surface area contributed by atoms with Crippen LogP contribution in [0.15, 0.2) is 78.4 Å². The Hall–Kier alpha value is -4.26. The molecule has 1 aliphatic heterocycles. The molecule has 40 heavy (non-hydrogen) atoms. The Morgan fingerprint density at radius 3 is 2.27 bits per heavy atom. The van der Waals surface area contributed by atoms with Crippen LogP contribution in [-0.4, -0.2) is 43.6 Å². The van der Waals surface area contributed by atoms with Crippen LogP contribution in [0.2, 0.25) is 0 Å². The summed E-state index contributed by atoms with van der Waals surface area (Å²) in [6.07, 6.45) is 3.13. The van der Waals surface area contributed by atoms with Crippen LogP contribution in [0, 0.1) is 0 Å². The third kappa shape index (κ3) is 6.30. The van der Waals surface area contributed by atoms with Crippen LogP contribution in [0.1, 0.15) is 57.2 Å². The molecule has 210 valence electrons. The molecular formula is C33H38N2O5. The maximum atomic E-state index is 13.5. The van der Waals surface area contributed by atoms with E-state index in [-0.39, 0.29) is 17.4 Å². The largest absolute Gasteiger partial charge is 0.507 e. The summed E-state index contributed by atoms with van der Waals surface area (Å²) in [5.74, 6) is -0.372. The first-order valence-electron chi connectivity index (χ1n) is 13.8. The lowest BCUT2D eigenvalue weighted by atomic mass is 9.95. The van der Waals surface area contributed by atoms with E-state index in [0.717, 1.165) is 24.9 Å². The van der Waals surface area contributed by atoms with Crippen molar-refractivity contribution in [3.8, 4) is 11.5 Å². The Balaban J connectivity index is 1.78. The summed E-state index contributed by atoms with van der Waals surface area (Å²) < 4.78 is 11.7. The van der Waals surface area contributed by atoms with Gasteiger partial charge in [-0.2, -0.15) is 0 Å². The molecule has 1 heterocycles. The lowest BCUT2D eigenvalue weighted by molar-refractivity contribution is -0.132. The summed E-state index contributed by atoms with van der Waals surface area (Å²) >= 11 is 0. The Morgan fingerprint density at radius 1 is 0.950 bits per heavy atom. The summed E-state index contributed by atoms with van der Waals surface area (Å²) in [4.78, 5) is 30.4. The highest BCUT2D eigenvalue weighted by Gasteiger charge is 2.47. The molecule has 3 aromatic rings. The first-order chi connectivity index (χ1) is 19.2. The van der Waals surface area contributed by atoms with Crippen molar-refractivity contribution in [3.63, 3.8) is 0 Å². The Bertz CT molecular complexity index is 1360. The highest BCUT2D eigenvalue weighted by molar-refractivity contribution is 6.51. The summed E-state index contributed by atoms with van der Waals surface area (Å²) in [5.41, 5.74) is 2.64. The van der Waals surface area contributed by atoms with Crippen molar-refractivity contribution >= 4 is 28.8 Å². The van der Waals surface area contributed by atoms with Gasteiger partial charge in [0, 0.05) is 31.0 Å². The molecule has 7 heteroatoms. The van der Waals surface area contributed by atoms with Gasteiger partial charge in [-0.05, 0) is 86.5 Å². The monoisotopic (exact) mass is 542 g/mol. The number of benzene rings is 3. The number of carbonyl (C=O) groups excluding carboxylic acids is 2. The standard InChI is InChI=1S/C33H38N2O5/c1-6-7-8-20-39-27-18-12-23(13-19-27)31(36)29-30(24-10-9-11-28(21-24)40-22(2)3)35(33(38)32(29)37)26-16-14-25(15-17-26)34(4)5/h9-19,21-22,30,36H,6-8,20H2,1-5H3/b31-29-. The highest BCUT2D eigenvalue weighted by atomic mass is 16.5. The van der Waals surface area contributed by atoms with Crippen molar-refractivity contribution in [2.24, 2.45) is 0 Å². The molecule has 1 atom stereocenters. The predicted octanol–water partition coefficient (Wildman–Crippen LogP) is 6.74. The summed E-state index contributed by atoms with van der Waals surface area (Å²) in [7, 11) is 3.87. The average molecular weight is 543 g/mol. The predicted molar refractivity (Wildman–Crippen MR) is 159 cm³/mol. The molecule has 0 spiro atoms. The number of Topliss-reactive ketones (excluding diaryl/α,β-unsaturated/α-hetero) is 1. The van der Waals surface area contributed by atoms with Crippen LogP contribution in [0.25, 0.3) is 5.76 Å². The topological polar surface area (TPSA) is 79.3 Å². The number of nitrogens with zero attached hydrogens (tertiary/aromatic N) is 2. The van der Waals surface area contributed by atoms with Crippen LogP contribution in [0.3, 0.4) is 0 Å². The van der Waals surface area contributed by atoms with Gasteiger partial charge in [0.05, 0.1) is 24.3 Å². The van der Waals surface area contributed by atoms with Crippen LogP contribution >= 0.6 is 0 Å². The molecule has 3 aromatic carbocycles. The van der Waals surface area contributed by atoms with E-state index in [1.54, 1.807) is 24.3 Å². The minimum atomic E-state index is -0.842. The van der Waals surface area contributed by atoms with Crippen molar-refractivity contribution < 1.29 is 24.2 Å². The van der Waals surface area contributed by atoms with Gasteiger partial charge in [-0.15, -0.1) is 0 Å². The number of hydrogen-bond donors (Lipinski definition) is 1. The lowest BCUT2D eigenvalue weighted by Gasteiger charge is -2.26. The maximum absolute atomic E-state index is 13.5. The molecule has 1 saturated heterocycles. The van der Waals surface area contributed by atoms with Gasteiger partial charge >= 0.3 is 0 Å². The first-order valence-corrected chi connectivity index (χ1v) is 13.8. The number of rotatable bonds is 11. The number of aliphatic hydroxyl groups is 1. The second kappa shape index (κ2) is 12.7. The number of ether oxygens (including phenoxy) is 2. The molecule has 0 saturated carbocycles. The first kappa shape index (κ1) is 28.7. The molecule has 7 nitrogen and oxygen atoms in total. The lowest BCUT2D eigenvalue weighted by Crippen LogP contribution is -2.29. The molecule has 1 unspecified atom stereocenters. The SMILES string of the molecule is CCCCCOc1ccc(/C(O)=C2/C(=O)C(=O)N(c3ccc(N(C)C)cc3)C2c2cccc(OC(C)C)c2)cc1. The third-order valence-electron chi connectivity index (χ3n) is 6.78. The van der Waals surface area contributed by atoms with E-state index in [2.05, 4.69) is 6.92 Å². The number of unbranched alkanes of at least 4 members (excludes halogenated alkanes) is 2. The number of hydrogen-bond acceptors (Lipinski definition) is 6. The zero-order valence-corrected chi connectivity index (χ0v) is 23.9. The molecular weight excluding hydrogens is 504 g/mol. The summed E-state index contributed by atoms with van der Waals surface area (Å²) in [6, 6.07) is 20.8. The third-order valence-corrected chi connectivity index (χ3v) is 6.78. The zero-order valence-electron chi connectivity index (χ0n) is 23.9. The van der Waals surface area contributed by atoms with Gasteiger partial charge in [-0.25, -0.2) is 0 Å². The van der Waals surface area contributed by atoms with E-state index in [9.17, 15) is 14.7 Å². The van der Waals surface area contributed by atoms with Gasteiger partial charge in [0.2, 0.25) is 0 Å². The number of carbonyl (C=O) groups is 2. The fourth-order valence-electron chi connectivity index (χ4n) is 4.76. The Kier molecular flexibility index (Phi) is 9.15. The fraction of sp³-hybridized carbons (Fsp3) is 0.333. The Labute approximate surface area is 236 Å². The van der Waals surface area contributed by atoms with Gasteiger partial charge < -0.3 is 19.5 Å². The van der Waals surface area contributed by atoms with Crippen molar-refractivity contribution in [2.75, 3.05) is 30.5 Å². The van der Waals surface area contributed by atoms with Crippen LogP contribution in [0.4, 0.5) is 11.4 Å². The van der Waals surface area contributed by atoms with E-state index >= 15 is 0 Å². The molecule has 0 aromatic heterocycles. The summed E-state index contributed by atoms with van der Waals surface area (Å²) in [6.45, 7) is 6.62. The van der Waals surface area contributed by atoms with Crippen LogP contribution in [0.5, 0.6) is 11.5 Å². The number of aliphatic hydroxyl groups excluding tert-OH is 1. The molecule has 4 rings (SSSR count). The second-order valence-electron chi connectivity index (χ2n) is 10.4.